The molecule has 0 bridgehead atoms. The minimum Gasteiger partial charge on any atom is -0.382 e. The summed E-state index contributed by atoms with van der Waals surface area (Å²) < 4.78 is 17.1. The first-order chi connectivity index (χ1) is 15.2. The number of nitrogens with two attached hydrogens (primary N) is 1. The average Bonchev–Trinajstić information content (AvgIpc) is 3.55. The highest BCUT2D eigenvalue weighted by Gasteiger charge is 2.30. The summed E-state index contributed by atoms with van der Waals surface area (Å²) in [4.78, 5) is 12.8. The maximum atomic E-state index is 15.0. The number of nitrogens with zero attached hydrogens (tertiary/aromatic N) is 5. The highest BCUT2D eigenvalue weighted by molar-refractivity contribution is 5.93. The van der Waals surface area contributed by atoms with Crippen LogP contribution in [0.1, 0.15) is 30.3 Å². The van der Waals surface area contributed by atoms with Crippen molar-refractivity contribution >= 4 is 22.7 Å². The van der Waals surface area contributed by atoms with Crippen molar-refractivity contribution in [3.8, 4) is 17.2 Å². The van der Waals surface area contributed by atoms with Gasteiger partial charge in [0.25, 0.3) is 0 Å². The Kier molecular flexibility index (Phi) is 4.71. The molecule has 0 saturated heterocycles. The Labute approximate surface area is 178 Å². The number of benzene rings is 2. The third-order valence-electron chi connectivity index (χ3n) is 5.48. The summed E-state index contributed by atoms with van der Waals surface area (Å²) in [6.07, 6.45) is 4.03. The minimum atomic E-state index is -0.250. The highest BCUT2D eigenvalue weighted by Crippen LogP contribution is 2.42. The minimum absolute atomic E-state index is 0.146. The summed E-state index contributed by atoms with van der Waals surface area (Å²) in [6, 6.07) is 15.2. The van der Waals surface area contributed by atoms with Crippen LogP contribution in [0, 0.1) is 17.1 Å². The summed E-state index contributed by atoms with van der Waals surface area (Å²) in [5.41, 5.74) is 9.04. The van der Waals surface area contributed by atoms with Gasteiger partial charge in [-0.15, -0.1) is 0 Å². The van der Waals surface area contributed by atoms with Gasteiger partial charge in [0.1, 0.15) is 41.2 Å². The second-order valence-corrected chi connectivity index (χ2v) is 7.56. The molecule has 0 unspecified atom stereocenters. The zero-order valence-corrected chi connectivity index (χ0v) is 16.7. The van der Waals surface area contributed by atoms with Crippen LogP contribution in [-0.4, -0.2) is 26.1 Å². The molecule has 2 aromatic carbocycles. The number of rotatable bonds is 6. The second-order valence-electron chi connectivity index (χ2n) is 7.56. The number of hydrogen-bond donors (Lipinski definition) is 2. The molecule has 5 rings (SSSR count). The number of nitrogens with one attached hydrogen (secondary N) is 1. The first-order valence-electron chi connectivity index (χ1n) is 10.2. The number of fused-ring (bicyclic) bond motifs is 1. The first-order valence-corrected chi connectivity index (χ1v) is 10.2. The van der Waals surface area contributed by atoms with Gasteiger partial charge in [-0.2, -0.15) is 5.26 Å². The van der Waals surface area contributed by atoms with E-state index in [0.717, 1.165) is 35.3 Å². The van der Waals surface area contributed by atoms with Crippen LogP contribution in [-0.2, 0) is 6.42 Å². The Bertz CT molecular complexity index is 1300. The van der Waals surface area contributed by atoms with Gasteiger partial charge in [-0.1, -0.05) is 30.3 Å². The molecule has 1 aliphatic rings. The van der Waals surface area contributed by atoms with Crippen LogP contribution in [0.25, 0.3) is 22.2 Å². The number of hydrogen-bond acceptors (Lipinski definition) is 6. The van der Waals surface area contributed by atoms with Gasteiger partial charge < -0.3 is 15.6 Å². The van der Waals surface area contributed by atoms with Gasteiger partial charge in [-0.25, -0.2) is 19.3 Å². The highest BCUT2D eigenvalue weighted by atomic mass is 19.1. The molecule has 31 heavy (non-hydrogen) atoms. The molecule has 0 spiro atoms. The van der Waals surface area contributed by atoms with Gasteiger partial charge in [0, 0.05) is 24.6 Å². The van der Waals surface area contributed by atoms with Crippen molar-refractivity contribution in [1.82, 2.24) is 19.5 Å². The van der Waals surface area contributed by atoms with Crippen molar-refractivity contribution in [3.63, 3.8) is 0 Å². The zero-order chi connectivity index (χ0) is 21.4. The maximum absolute atomic E-state index is 15.0. The Morgan fingerprint density at radius 1 is 1.16 bits per heavy atom. The summed E-state index contributed by atoms with van der Waals surface area (Å²) in [6.45, 7) is 0.504. The van der Waals surface area contributed by atoms with Crippen LogP contribution < -0.4 is 11.1 Å². The quantitative estimate of drug-likeness (QED) is 0.493. The molecule has 3 N–H and O–H groups in total. The van der Waals surface area contributed by atoms with E-state index in [2.05, 4.69) is 19.9 Å². The van der Waals surface area contributed by atoms with E-state index in [0.29, 0.717) is 30.4 Å². The third kappa shape index (κ3) is 3.44. The Morgan fingerprint density at radius 2 is 1.97 bits per heavy atom. The Morgan fingerprint density at radius 3 is 2.71 bits per heavy atom. The lowest BCUT2D eigenvalue weighted by Gasteiger charge is -2.12. The number of aromatic nitrogens is 4. The molecule has 1 aliphatic carbocycles. The molecule has 1 fully saturated rings. The molecular formula is C23H20FN7. The third-order valence-corrected chi connectivity index (χ3v) is 5.48. The van der Waals surface area contributed by atoms with E-state index in [-0.39, 0.29) is 17.2 Å². The SMILES string of the molecule is N#Cc1c(N)ncnc1NCCc1nc2ccc(F)c(-c3ccccc3)c2n1C1CC1. The van der Waals surface area contributed by atoms with E-state index in [9.17, 15) is 9.65 Å². The lowest BCUT2D eigenvalue weighted by Crippen LogP contribution is -2.13. The Balaban J connectivity index is 1.51. The second kappa shape index (κ2) is 7.69. The number of nitrogen functional groups attached to an aromatic ring is 1. The number of anilines is 2. The van der Waals surface area contributed by atoms with Crippen molar-refractivity contribution in [3.05, 3.63) is 66.0 Å². The number of nitriles is 1. The van der Waals surface area contributed by atoms with E-state index in [1.807, 2.05) is 36.4 Å². The normalized spacial score (nSPS) is 13.3. The van der Waals surface area contributed by atoms with E-state index < -0.39 is 0 Å². The van der Waals surface area contributed by atoms with Crippen LogP contribution in [0.3, 0.4) is 0 Å². The molecule has 4 aromatic rings. The largest absolute Gasteiger partial charge is 0.382 e. The molecule has 1 saturated carbocycles. The smallest absolute Gasteiger partial charge is 0.149 e. The predicted octanol–water partition coefficient (Wildman–Crippen LogP) is 4.08. The van der Waals surface area contributed by atoms with E-state index in [1.54, 1.807) is 6.07 Å². The lowest BCUT2D eigenvalue weighted by atomic mass is 10.0. The van der Waals surface area contributed by atoms with Crippen molar-refractivity contribution in [2.75, 3.05) is 17.6 Å². The summed E-state index contributed by atoms with van der Waals surface area (Å²) in [5.74, 6) is 1.18. The fourth-order valence-electron chi connectivity index (χ4n) is 3.93. The van der Waals surface area contributed by atoms with Crippen LogP contribution in [0.4, 0.5) is 16.0 Å². The molecule has 7 nitrogen and oxygen atoms in total. The van der Waals surface area contributed by atoms with Crippen molar-refractivity contribution in [2.45, 2.75) is 25.3 Å². The van der Waals surface area contributed by atoms with Gasteiger partial charge in [0.15, 0.2) is 0 Å². The van der Waals surface area contributed by atoms with E-state index in [1.165, 1.54) is 12.4 Å². The maximum Gasteiger partial charge on any atom is 0.149 e. The van der Waals surface area contributed by atoms with Crippen molar-refractivity contribution < 1.29 is 4.39 Å². The van der Waals surface area contributed by atoms with Crippen LogP contribution >= 0.6 is 0 Å². The standard InChI is InChI=1S/C23H20FN7/c24-17-8-9-18-21(20(17)14-4-2-1-3-5-14)31(15-6-7-15)19(30-18)10-11-27-23-16(12-25)22(26)28-13-29-23/h1-5,8-9,13,15H,6-7,10-11H2,(H3,26,27,28,29). The first kappa shape index (κ1) is 19.0. The van der Waals surface area contributed by atoms with Gasteiger partial charge in [0.2, 0.25) is 0 Å². The van der Waals surface area contributed by atoms with Gasteiger partial charge in [-0.05, 0) is 30.5 Å². The zero-order valence-electron chi connectivity index (χ0n) is 16.7. The molecule has 0 radical (unpaired) electrons. The molecule has 2 heterocycles. The van der Waals surface area contributed by atoms with Crippen LogP contribution in [0.15, 0.2) is 48.8 Å². The molecule has 154 valence electrons. The number of imidazole rings is 1. The van der Waals surface area contributed by atoms with Crippen molar-refractivity contribution in [2.24, 2.45) is 0 Å². The molecule has 2 aromatic heterocycles. The Hall–Kier alpha value is -3.99. The van der Waals surface area contributed by atoms with Crippen LogP contribution in [0.2, 0.25) is 0 Å². The average molecular weight is 413 g/mol. The van der Waals surface area contributed by atoms with E-state index >= 15 is 0 Å². The van der Waals surface area contributed by atoms with Crippen molar-refractivity contribution in [1.29, 1.82) is 5.26 Å². The lowest BCUT2D eigenvalue weighted by molar-refractivity contribution is 0.630. The molecule has 0 atom stereocenters. The summed E-state index contributed by atoms with van der Waals surface area (Å²) in [7, 11) is 0. The van der Waals surface area contributed by atoms with Gasteiger partial charge >= 0.3 is 0 Å². The topological polar surface area (TPSA) is 105 Å². The van der Waals surface area contributed by atoms with E-state index in [4.69, 9.17) is 10.7 Å². The summed E-state index contributed by atoms with van der Waals surface area (Å²) >= 11 is 0. The molecule has 0 amide bonds. The fraction of sp³-hybridized carbons (Fsp3) is 0.217. The molecular weight excluding hydrogens is 393 g/mol. The molecule has 0 aliphatic heterocycles. The van der Waals surface area contributed by atoms with Gasteiger partial charge in [-0.3, -0.25) is 0 Å². The van der Waals surface area contributed by atoms with Crippen LogP contribution in [0.5, 0.6) is 0 Å². The number of halogens is 1. The van der Waals surface area contributed by atoms with Gasteiger partial charge in [0.05, 0.1) is 11.0 Å². The molecule has 8 heteroatoms. The monoisotopic (exact) mass is 413 g/mol. The fourth-order valence-corrected chi connectivity index (χ4v) is 3.93. The predicted molar refractivity (Wildman–Crippen MR) is 117 cm³/mol. The summed E-state index contributed by atoms with van der Waals surface area (Å²) in [5, 5.41) is 12.5.